The molecule has 17 heavy (non-hydrogen) atoms. The van der Waals surface area contributed by atoms with Crippen molar-refractivity contribution >= 4 is 6.08 Å². The van der Waals surface area contributed by atoms with Crippen LogP contribution in [0.1, 0.15) is 32.3 Å². The molecule has 3 rings (SSSR count). The Morgan fingerprint density at radius 1 is 1.35 bits per heavy atom. The van der Waals surface area contributed by atoms with E-state index in [1.165, 1.54) is 12.8 Å². The van der Waals surface area contributed by atoms with E-state index in [0.717, 1.165) is 29.6 Å². The summed E-state index contributed by atoms with van der Waals surface area (Å²) in [6.45, 7) is 4.94. The quantitative estimate of drug-likeness (QED) is 0.789. The third-order valence-electron chi connectivity index (χ3n) is 3.21. The molecule has 1 fully saturated rings. The second kappa shape index (κ2) is 3.80. The van der Waals surface area contributed by atoms with E-state index in [4.69, 9.17) is 9.47 Å². The molecule has 1 heterocycles. The summed E-state index contributed by atoms with van der Waals surface area (Å²) in [6.07, 6.45) is 6.81. The summed E-state index contributed by atoms with van der Waals surface area (Å²) in [5.41, 5.74) is 0.865. The van der Waals surface area contributed by atoms with Gasteiger partial charge >= 0.3 is 0 Å². The van der Waals surface area contributed by atoms with Crippen LogP contribution in [0.15, 0.2) is 24.3 Å². The van der Waals surface area contributed by atoms with E-state index in [9.17, 15) is 0 Å². The Balaban J connectivity index is 1.86. The van der Waals surface area contributed by atoms with Crippen LogP contribution in [0.5, 0.6) is 11.5 Å². The molecule has 0 saturated heterocycles. The van der Waals surface area contributed by atoms with Crippen LogP contribution < -0.4 is 9.47 Å². The van der Waals surface area contributed by atoms with Gasteiger partial charge in [-0.1, -0.05) is 18.2 Å². The number of rotatable bonds is 3. The maximum Gasteiger partial charge on any atom is 0.169 e. The molecule has 0 amide bonds. The van der Waals surface area contributed by atoms with E-state index < -0.39 is 0 Å². The fourth-order valence-electron chi connectivity index (χ4n) is 1.97. The Morgan fingerprint density at radius 2 is 2.18 bits per heavy atom. The summed E-state index contributed by atoms with van der Waals surface area (Å²) in [5, 5.41) is 0. The van der Waals surface area contributed by atoms with Crippen LogP contribution in [0.4, 0.5) is 0 Å². The van der Waals surface area contributed by atoms with Crippen molar-refractivity contribution in [2.24, 2.45) is 5.92 Å². The van der Waals surface area contributed by atoms with Gasteiger partial charge in [0.15, 0.2) is 11.5 Å². The molecule has 2 heteroatoms. The van der Waals surface area contributed by atoms with Gasteiger partial charge in [-0.2, -0.15) is 0 Å². The van der Waals surface area contributed by atoms with Crippen LogP contribution in [0.2, 0.25) is 0 Å². The molecule has 1 aromatic rings. The van der Waals surface area contributed by atoms with Crippen molar-refractivity contribution in [1.29, 1.82) is 0 Å². The Hall–Kier alpha value is -1.44. The van der Waals surface area contributed by atoms with E-state index >= 15 is 0 Å². The van der Waals surface area contributed by atoms with Crippen molar-refractivity contribution in [1.82, 2.24) is 0 Å². The van der Waals surface area contributed by atoms with Gasteiger partial charge in [0.1, 0.15) is 5.60 Å². The zero-order chi connectivity index (χ0) is 11.9. The van der Waals surface area contributed by atoms with Gasteiger partial charge in [0.25, 0.3) is 0 Å². The normalized spacial score (nSPS) is 20.6. The SMILES string of the molecule is CC1(C)C=Cc2cccc(OCC3CC3)c2O1. The van der Waals surface area contributed by atoms with E-state index in [2.05, 4.69) is 32.1 Å². The van der Waals surface area contributed by atoms with Crippen molar-refractivity contribution in [3.05, 3.63) is 29.8 Å². The Bertz CT molecular complexity index is 456. The molecule has 0 N–H and O–H groups in total. The first-order chi connectivity index (χ1) is 8.14. The number of fused-ring (bicyclic) bond motifs is 1. The molecule has 0 unspecified atom stereocenters. The van der Waals surface area contributed by atoms with Gasteiger partial charge in [0.05, 0.1) is 6.61 Å². The first-order valence-electron chi connectivity index (χ1n) is 6.28. The second-order valence-corrected chi connectivity index (χ2v) is 5.47. The lowest BCUT2D eigenvalue weighted by atomic mass is 10.0. The number of hydrogen-bond donors (Lipinski definition) is 0. The highest BCUT2D eigenvalue weighted by Gasteiger charge is 2.26. The lowest BCUT2D eigenvalue weighted by Gasteiger charge is -2.29. The summed E-state index contributed by atoms with van der Waals surface area (Å²) in [5.74, 6) is 2.53. The van der Waals surface area contributed by atoms with Crippen LogP contribution in [0.25, 0.3) is 6.08 Å². The molecular weight excluding hydrogens is 212 g/mol. The molecule has 0 atom stereocenters. The predicted octanol–water partition coefficient (Wildman–Crippen LogP) is 3.66. The molecular formula is C15H18O2. The van der Waals surface area contributed by atoms with Crippen molar-refractivity contribution in [3.8, 4) is 11.5 Å². The largest absolute Gasteiger partial charge is 0.489 e. The van der Waals surface area contributed by atoms with Crippen molar-refractivity contribution in [3.63, 3.8) is 0 Å². The van der Waals surface area contributed by atoms with Gasteiger partial charge in [-0.15, -0.1) is 0 Å². The Morgan fingerprint density at radius 3 is 2.94 bits per heavy atom. The summed E-state index contributed by atoms with van der Waals surface area (Å²) >= 11 is 0. The van der Waals surface area contributed by atoms with E-state index in [1.807, 2.05) is 12.1 Å². The first kappa shape index (κ1) is 10.7. The fraction of sp³-hybridized carbons (Fsp3) is 0.467. The minimum absolute atomic E-state index is 0.244. The van der Waals surface area contributed by atoms with Crippen LogP contribution in [0.3, 0.4) is 0 Å². The van der Waals surface area contributed by atoms with Crippen molar-refractivity contribution in [2.45, 2.75) is 32.3 Å². The van der Waals surface area contributed by atoms with Crippen molar-refractivity contribution in [2.75, 3.05) is 6.61 Å². The number of para-hydroxylation sites is 1. The van der Waals surface area contributed by atoms with Gasteiger partial charge in [0.2, 0.25) is 0 Å². The second-order valence-electron chi connectivity index (χ2n) is 5.47. The summed E-state index contributed by atoms with van der Waals surface area (Å²) in [7, 11) is 0. The highest BCUT2D eigenvalue weighted by atomic mass is 16.5. The topological polar surface area (TPSA) is 18.5 Å². The molecule has 0 radical (unpaired) electrons. The third kappa shape index (κ3) is 2.31. The van der Waals surface area contributed by atoms with Crippen LogP contribution >= 0.6 is 0 Å². The Labute approximate surface area is 102 Å². The van der Waals surface area contributed by atoms with Crippen LogP contribution in [0, 0.1) is 5.92 Å². The highest BCUT2D eigenvalue weighted by molar-refractivity contribution is 5.65. The minimum Gasteiger partial charge on any atom is -0.489 e. The van der Waals surface area contributed by atoms with Crippen LogP contribution in [-0.4, -0.2) is 12.2 Å². The molecule has 2 nitrogen and oxygen atoms in total. The molecule has 1 saturated carbocycles. The zero-order valence-electron chi connectivity index (χ0n) is 10.4. The molecule has 90 valence electrons. The maximum absolute atomic E-state index is 5.99. The van der Waals surface area contributed by atoms with E-state index in [-0.39, 0.29) is 5.60 Å². The van der Waals surface area contributed by atoms with Gasteiger partial charge in [-0.25, -0.2) is 0 Å². The van der Waals surface area contributed by atoms with E-state index in [1.54, 1.807) is 0 Å². The first-order valence-corrected chi connectivity index (χ1v) is 6.28. The van der Waals surface area contributed by atoms with Gasteiger partial charge in [-0.05, 0) is 44.7 Å². The summed E-state index contributed by atoms with van der Waals surface area (Å²) < 4.78 is 11.9. The van der Waals surface area contributed by atoms with Gasteiger partial charge in [-0.3, -0.25) is 0 Å². The number of hydrogen-bond acceptors (Lipinski definition) is 2. The zero-order valence-corrected chi connectivity index (χ0v) is 10.4. The highest BCUT2D eigenvalue weighted by Crippen LogP contribution is 2.39. The number of benzene rings is 1. The molecule has 2 aliphatic rings. The van der Waals surface area contributed by atoms with Gasteiger partial charge in [0, 0.05) is 5.56 Å². The molecule has 0 bridgehead atoms. The monoisotopic (exact) mass is 230 g/mol. The lowest BCUT2D eigenvalue weighted by molar-refractivity contribution is 0.148. The molecule has 0 spiro atoms. The third-order valence-corrected chi connectivity index (χ3v) is 3.21. The summed E-state index contributed by atoms with van der Waals surface area (Å²) in [4.78, 5) is 0. The average molecular weight is 230 g/mol. The average Bonchev–Trinajstić information content (AvgIpc) is 3.09. The standard InChI is InChI=1S/C15H18O2/c1-15(2)9-8-12-4-3-5-13(14(12)17-15)16-10-11-6-7-11/h3-5,8-9,11H,6-7,10H2,1-2H3. The van der Waals surface area contributed by atoms with Gasteiger partial charge < -0.3 is 9.47 Å². The Kier molecular flexibility index (Phi) is 2.39. The minimum atomic E-state index is -0.244. The smallest absolute Gasteiger partial charge is 0.169 e. The fourth-order valence-corrected chi connectivity index (χ4v) is 1.97. The summed E-state index contributed by atoms with van der Waals surface area (Å²) in [6, 6.07) is 6.08. The maximum atomic E-state index is 5.99. The molecule has 0 aromatic heterocycles. The molecule has 1 aliphatic heterocycles. The predicted molar refractivity (Wildman–Crippen MR) is 68.4 cm³/mol. The van der Waals surface area contributed by atoms with E-state index in [0.29, 0.717) is 0 Å². The van der Waals surface area contributed by atoms with Crippen molar-refractivity contribution < 1.29 is 9.47 Å². The number of ether oxygens (including phenoxy) is 2. The molecule has 1 aromatic carbocycles. The molecule has 1 aliphatic carbocycles. The lowest BCUT2D eigenvalue weighted by Crippen LogP contribution is -2.27. The van der Waals surface area contributed by atoms with Crippen LogP contribution in [-0.2, 0) is 0 Å².